The largest absolute Gasteiger partial charge is 0.366 e. The zero-order chi connectivity index (χ0) is 24.0. The van der Waals surface area contributed by atoms with Crippen LogP contribution >= 0.6 is 0 Å². The van der Waals surface area contributed by atoms with Crippen molar-refractivity contribution in [3.05, 3.63) is 53.1 Å². The molecule has 1 unspecified atom stereocenters. The maximum atomic E-state index is 14.7. The summed E-state index contributed by atoms with van der Waals surface area (Å²) in [5.74, 6) is -0.306. The van der Waals surface area contributed by atoms with Crippen LogP contribution in [0.2, 0.25) is 0 Å². The van der Waals surface area contributed by atoms with E-state index in [9.17, 15) is 18.0 Å². The fourth-order valence-electron chi connectivity index (χ4n) is 4.88. The Morgan fingerprint density at radius 2 is 1.97 bits per heavy atom. The van der Waals surface area contributed by atoms with E-state index in [-0.39, 0.29) is 17.5 Å². The molecule has 1 N–H and O–H groups in total. The molecule has 3 aromatic rings. The number of hydrogen-bond donors (Lipinski definition) is 1. The minimum atomic E-state index is -2.89. The van der Waals surface area contributed by atoms with Gasteiger partial charge >= 0.3 is 0 Å². The molecule has 34 heavy (non-hydrogen) atoms. The van der Waals surface area contributed by atoms with Crippen molar-refractivity contribution in [1.29, 1.82) is 0 Å². The van der Waals surface area contributed by atoms with Crippen LogP contribution < -0.4 is 10.2 Å². The van der Waals surface area contributed by atoms with Crippen LogP contribution in [-0.2, 0) is 4.79 Å². The topological polar surface area (TPSA) is 74.2 Å². The number of carbonyl (C=O) groups is 1. The zero-order valence-electron chi connectivity index (χ0n) is 18.9. The van der Waals surface area contributed by atoms with Crippen molar-refractivity contribution in [2.24, 2.45) is 0 Å². The summed E-state index contributed by atoms with van der Waals surface area (Å²) in [7, 11) is 0. The normalized spacial score (nSPS) is 19.1. The summed E-state index contributed by atoms with van der Waals surface area (Å²) in [6, 6.07) is 5.54. The smallest absolute Gasteiger partial charge is 0.266 e. The maximum Gasteiger partial charge on any atom is 0.266 e. The van der Waals surface area contributed by atoms with E-state index in [0.717, 1.165) is 24.7 Å². The monoisotopic (exact) mass is 470 g/mol. The Hall–Kier alpha value is -3.43. The molecule has 1 aromatic carbocycles. The third-order valence-corrected chi connectivity index (χ3v) is 6.74. The molecule has 2 aliphatic rings. The van der Waals surface area contributed by atoms with Crippen LogP contribution in [0.15, 0.2) is 30.5 Å². The number of rotatable bonds is 5. The summed E-state index contributed by atoms with van der Waals surface area (Å²) in [5, 5.41) is 12.3. The SMILES string of the molecule is Cc1nnc(N[C@H](C)c2cccc(C(F)F)c2F)c2cc(N3CCN4C(=O)CCC4C3)cnc12. The molecular formula is C24H25F3N6O. The van der Waals surface area contributed by atoms with Crippen molar-refractivity contribution in [3.63, 3.8) is 0 Å². The quantitative estimate of drug-likeness (QED) is 0.596. The van der Waals surface area contributed by atoms with Gasteiger partial charge in [0.2, 0.25) is 5.91 Å². The van der Waals surface area contributed by atoms with Crippen molar-refractivity contribution >= 4 is 28.3 Å². The first-order valence-electron chi connectivity index (χ1n) is 11.3. The van der Waals surface area contributed by atoms with Gasteiger partial charge in [0, 0.05) is 43.0 Å². The molecule has 2 fully saturated rings. The number of pyridine rings is 1. The van der Waals surface area contributed by atoms with E-state index in [1.165, 1.54) is 12.1 Å². The van der Waals surface area contributed by atoms with E-state index in [4.69, 9.17) is 0 Å². The van der Waals surface area contributed by atoms with Crippen LogP contribution in [0.3, 0.4) is 0 Å². The number of anilines is 2. The van der Waals surface area contributed by atoms with E-state index in [1.54, 1.807) is 13.1 Å². The van der Waals surface area contributed by atoms with Gasteiger partial charge in [0.15, 0.2) is 5.82 Å². The number of nitrogens with zero attached hydrogens (tertiary/aromatic N) is 5. The van der Waals surface area contributed by atoms with Gasteiger partial charge < -0.3 is 15.1 Å². The second-order valence-electron chi connectivity index (χ2n) is 8.87. The van der Waals surface area contributed by atoms with Crippen molar-refractivity contribution in [1.82, 2.24) is 20.1 Å². The second kappa shape index (κ2) is 8.73. The number of nitrogens with one attached hydrogen (secondary N) is 1. The highest BCUT2D eigenvalue weighted by Gasteiger charge is 2.35. The molecule has 2 aliphatic heterocycles. The number of aromatic nitrogens is 3. The standard InChI is InChI=1S/C24H25F3N6O/c1-13(17-4-3-5-18(21(17)25)23(26)27)29-24-19-10-16(11-28-22(19)14(2)30-31-24)32-8-9-33-15(12-32)6-7-20(33)34/h3-5,10-11,13,15,23H,6-9,12H2,1-2H3,(H,29,31)/t13-,15?/m1/s1. The van der Waals surface area contributed by atoms with Gasteiger partial charge in [-0.15, -0.1) is 5.10 Å². The highest BCUT2D eigenvalue weighted by molar-refractivity contribution is 5.92. The fourth-order valence-corrected chi connectivity index (χ4v) is 4.88. The number of benzene rings is 1. The molecule has 2 saturated heterocycles. The average molecular weight is 470 g/mol. The summed E-state index contributed by atoms with van der Waals surface area (Å²) in [6.45, 7) is 5.62. The van der Waals surface area contributed by atoms with Gasteiger partial charge in [0.25, 0.3) is 6.43 Å². The van der Waals surface area contributed by atoms with Gasteiger partial charge in [-0.1, -0.05) is 18.2 Å². The molecule has 5 rings (SSSR count). The molecule has 1 amide bonds. The van der Waals surface area contributed by atoms with Gasteiger partial charge in [-0.05, 0) is 26.3 Å². The van der Waals surface area contributed by atoms with E-state index in [0.29, 0.717) is 41.9 Å². The molecular weight excluding hydrogens is 445 g/mol. The molecule has 2 aromatic heterocycles. The molecule has 0 spiro atoms. The molecule has 4 heterocycles. The molecule has 10 heteroatoms. The maximum absolute atomic E-state index is 14.7. The summed E-state index contributed by atoms with van der Waals surface area (Å²) >= 11 is 0. The average Bonchev–Trinajstić information content (AvgIpc) is 3.20. The number of piperazine rings is 1. The van der Waals surface area contributed by atoms with E-state index in [1.807, 2.05) is 17.9 Å². The van der Waals surface area contributed by atoms with Gasteiger partial charge in [-0.2, -0.15) is 5.10 Å². The van der Waals surface area contributed by atoms with E-state index >= 15 is 0 Å². The number of alkyl halides is 2. The minimum Gasteiger partial charge on any atom is -0.366 e. The van der Waals surface area contributed by atoms with Crippen molar-refractivity contribution in [3.8, 4) is 0 Å². The van der Waals surface area contributed by atoms with Crippen LogP contribution in [0.25, 0.3) is 10.9 Å². The van der Waals surface area contributed by atoms with Gasteiger partial charge in [-0.3, -0.25) is 9.78 Å². The third kappa shape index (κ3) is 3.91. The summed E-state index contributed by atoms with van der Waals surface area (Å²) in [5.41, 5.74) is 1.71. The fraction of sp³-hybridized carbons (Fsp3) is 0.417. The predicted octanol–water partition coefficient (Wildman–Crippen LogP) is 4.39. The number of fused-ring (bicyclic) bond motifs is 2. The van der Waals surface area contributed by atoms with Crippen LogP contribution in [-0.4, -0.2) is 51.7 Å². The van der Waals surface area contributed by atoms with E-state index in [2.05, 4.69) is 25.4 Å². The Morgan fingerprint density at radius 3 is 2.76 bits per heavy atom. The second-order valence-corrected chi connectivity index (χ2v) is 8.87. The lowest BCUT2D eigenvalue weighted by molar-refractivity contribution is -0.129. The molecule has 0 aliphatic carbocycles. The Kier molecular flexibility index (Phi) is 5.75. The Balaban J connectivity index is 1.46. The van der Waals surface area contributed by atoms with Crippen molar-refractivity contribution < 1.29 is 18.0 Å². The molecule has 7 nitrogen and oxygen atoms in total. The molecule has 0 saturated carbocycles. The highest BCUT2D eigenvalue weighted by Crippen LogP contribution is 2.33. The first-order chi connectivity index (χ1) is 16.3. The van der Waals surface area contributed by atoms with Gasteiger partial charge in [-0.25, -0.2) is 13.2 Å². The van der Waals surface area contributed by atoms with E-state index < -0.39 is 23.8 Å². The lowest BCUT2D eigenvalue weighted by Gasteiger charge is -2.38. The minimum absolute atomic E-state index is 0.125. The first-order valence-corrected chi connectivity index (χ1v) is 11.3. The first kappa shape index (κ1) is 22.4. The number of aryl methyl sites for hydroxylation is 1. The zero-order valence-corrected chi connectivity index (χ0v) is 18.9. The van der Waals surface area contributed by atoms with Crippen LogP contribution in [0.1, 0.15) is 49.1 Å². The summed E-state index contributed by atoms with van der Waals surface area (Å²) in [4.78, 5) is 20.8. The highest BCUT2D eigenvalue weighted by atomic mass is 19.3. The number of hydrogen-bond acceptors (Lipinski definition) is 6. The third-order valence-electron chi connectivity index (χ3n) is 6.74. The number of carbonyl (C=O) groups excluding carboxylic acids is 1. The lowest BCUT2D eigenvalue weighted by atomic mass is 10.0. The van der Waals surface area contributed by atoms with Crippen molar-refractivity contribution in [2.75, 3.05) is 29.9 Å². The van der Waals surface area contributed by atoms with Crippen LogP contribution in [0.5, 0.6) is 0 Å². The number of halogens is 3. The summed E-state index contributed by atoms with van der Waals surface area (Å²) in [6.07, 6.45) is 0.352. The molecule has 0 bridgehead atoms. The van der Waals surface area contributed by atoms with Crippen LogP contribution in [0, 0.1) is 12.7 Å². The predicted molar refractivity (Wildman–Crippen MR) is 122 cm³/mol. The molecule has 2 atom stereocenters. The lowest BCUT2D eigenvalue weighted by Crippen LogP contribution is -2.51. The Labute approximate surface area is 195 Å². The van der Waals surface area contributed by atoms with Gasteiger partial charge in [0.1, 0.15) is 5.82 Å². The molecule has 0 radical (unpaired) electrons. The molecule has 178 valence electrons. The van der Waals surface area contributed by atoms with Gasteiger partial charge in [0.05, 0.1) is 34.7 Å². The summed E-state index contributed by atoms with van der Waals surface area (Å²) < 4.78 is 41.0. The number of amides is 1. The Bertz CT molecular complexity index is 1250. The Morgan fingerprint density at radius 1 is 1.18 bits per heavy atom. The van der Waals surface area contributed by atoms with Crippen molar-refractivity contribution in [2.45, 2.75) is 45.2 Å². The van der Waals surface area contributed by atoms with Crippen LogP contribution in [0.4, 0.5) is 24.7 Å².